The number of sulfonamides is 1. The summed E-state index contributed by atoms with van der Waals surface area (Å²) in [6.45, 7) is 4.54. The van der Waals surface area contributed by atoms with Crippen molar-refractivity contribution in [2.45, 2.75) is 30.6 Å². The molecule has 0 unspecified atom stereocenters. The zero-order valence-corrected chi connectivity index (χ0v) is 17.3. The van der Waals surface area contributed by atoms with Gasteiger partial charge < -0.3 is 17.3 Å². The first-order chi connectivity index (χ1) is 12.5. The highest BCUT2D eigenvalue weighted by Gasteiger charge is 2.25. The van der Waals surface area contributed by atoms with Gasteiger partial charge in [0.1, 0.15) is 0 Å². The number of benzene rings is 1. The van der Waals surface area contributed by atoms with Gasteiger partial charge in [-0.3, -0.25) is 10.2 Å². The van der Waals surface area contributed by atoms with Gasteiger partial charge in [-0.2, -0.15) is 4.31 Å². The average Bonchev–Trinajstić information content (AvgIpc) is 2.94. The molecule has 2 saturated heterocycles. The first-order valence-corrected chi connectivity index (χ1v) is 10.8. The minimum Gasteiger partial charge on any atom is -1.00 e. The standard InChI is InChI=1S/C18H28N4O3S.ClH/c1-20-12-14-21(15-13-20)19-18(23)16-6-8-17(9-7-16)26(24,25)22-10-4-2-3-5-11-22;/h6-9H,2-5,10-15H2,1H3,(H,19,23);1H/p-1. The van der Waals surface area contributed by atoms with Gasteiger partial charge in [-0.1, -0.05) is 12.8 Å². The summed E-state index contributed by atoms with van der Waals surface area (Å²) in [7, 11) is -1.42. The lowest BCUT2D eigenvalue weighted by Gasteiger charge is -2.32. The fraction of sp³-hybridized carbons (Fsp3) is 0.611. The van der Waals surface area contributed by atoms with Crippen molar-refractivity contribution in [1.82, 2.24) is 19.6 Å². The van der Waals surface area contributed by atoms with E-state index >= 15 is 0 Å². The Kier molecular flexibility index (Phi) is 8.05. The molecule has 2 aliphatic rings. The number of rotatable bonds is 4. The fourth-order valence-electron chi connectivity index (χ4n) is 3.34. The van der Waals surface area contributed by atoms with Gasteiger partial charge in [0.2, 0.25) is 10.0 Å². The molecule has 2 aliphatic heterocycles. The van der Waals surface area contributed by atoms with Crippen LogP contribution >= 0.6 is 0 Å². The molecule has 1 aromatic carbocycles. The molecule has 2 heterocycles. The van der Waals surface area contributed by atoms with Gasteiger partial charge in [0.05, 0.1) is 4.90 Å². The van der Waals surface area contributed by atoms with Crippen LogP contribution in [-0.4, -0.2) is 74.9 Å². The molecule has 0 radical (unpaired) electrons. The number of hydrogen-bond acceptors (Lipinski definition) is 5. The van der Waals surface area contributed by atoms with Crippen LogP contribution < -0.4 is 17.8 Å². The summed E-state index contributed by atoms with van der Waals surface area (Å²) in [5, 5.41) is 1.91. The van der Waals surface area contributed by atoms with E-state index in [4.69, 9.17) is 0 Å². The molecule has 0 aromatic heterocycles. The smallest absolute Gasteiger partial charge is 0.265 e. The van der Waals surface area contributed by atoms with Crippen LogP contribution in [0.3, 0.4) is 0 Å². The maximum Gasteiger partial charge on any atom is 0.265 e. The molecular formula is C18H28ClN4O3S-. The van der Waals surface area contributed by atoms with Crippen LogP contribution in [0, 0.1) is 0 Å². The number of halogens is 1. The highest BCUT2D eigenvalue weighted by atomic mass is 35.5. The van der Waals surface area contributed by atoms with Crippen molar-refractivity contribution in [2.75, 3.05) is 46.3 Å². The summed E-state index contributed by atoms with van der Waals surface area (Å²) >= 11 is 0. The van der Waals surface area contributed by atoms with E-state index in [1.165, 1.54) is 0 Å². The predicted octanol–water partition coefficient (Wildman–Crippen LogP) is -1.85. The van der Waals surface area contributed by atoms with Gasteiger partial charge >= 0.3 is 0 Å². The van der Waals surface area contributed by atoms with Crippen molar-refractivity contribution in [1.29, 1.82) is 0 Å². The first kappa shape index (κ1) is 22.1. The molecular weight excluding hydrogens is 388 g/mol. The Bertz CT molecular complexity index is 711. The first-order valence-electron chi connectivity index (χ1n) is 9.31. The van der Waals surface area contributed by atoms with E-state index in [1.807, 2.05) is 5.01 Å². The maximum absolute atomic E-state index is 12.8. The minimum absolute atomic E-state index is 0. The Morgan fingerprint density at radius 1 is 0.889 bits per heavy atom. The fourth-order valence-corrected chi connectivity index (χ4v) is 4.85. The number of hydrazine groups is 1. The monoisotopic (exact) mass is 415 g/mol. The molecule has 9 heteroatoms. The molecule has 1 N–H and O–H groups in total. The number of amides is 1. The lowest BCUT2D eigenvalue weighted by Crippen LogP contribution is -3.00. The second-order valence-electron chi connectivity index (χ2n) is 7.07. The molecule has 0 aliphatic carbocycles. The van der Waals surface area contributed by atoms with Gasteiger partial charge in [-0.15, -0.1) is 0 Å². The summed E-state index contributed by atoms with van der Waals surface area (Å²) in [6.07, 6.45) is 3.98. The Hall–Kier alpha value is -1.19. The lowest BCUT2D eigenvalue weighted by molar-refractivity contribution is -0.0000179. The third-order valence-electron chi connectivity index (χ3n) is 5.08. The quantitative estimate of drug-likeness (QED) is 0.625. The van der Waals surface area contributed by atoms with E-state index < -0.39 is 10.0 Å². The SMILES string of the molecule is CN1CCN(NC(=O)c2ccc(S(=O)(=O)N3CCCCCC3)cc2)CC1.[Cl-]. The number of hydrogen-bond donors (Lipinski definition) is 1. The summed E-state index contributed by atoms with van der Waals surface area (Å²) in [5.74, 6) is -0.201. The van der Waals surface area contributed by atoms with E-state index in [0.29, 0.717) is 18.7 Å². The third kappa shape index (κ3) is 5.65. The number of carbonyl (C=O) groups excluding carboxylic acids is 1. The molecule has 152 valence electrons. The highest BCUT2D eigenvalue weighted by molar-refractivity contribution is 7.89. The molecule has 7 nitrogen and oxygen atoms in total. The zero-order chi connectivity index (χ0) is 18.6. The van der Waals surface area contributed by atoms with Crippen molar-refractivity contribution < 1.29 is 25.6 Å². The summed E-state index contributed by atoms with van der Waals surface area (Å²) < 4.78 is 27.1. The number of carbonyl (C=O) groups is 1. The van der Waals surface area contributed by atoms with E-state index in [1.54, 1.807) is 28.6 Å². The second-order valence-corrected chi connectivity index (χ2v) is 9.01. The van der Waals surface area contributed by atoms with E-state index in [2.05, 4.69) is 17.4 Å². The maximum atomic E-state index is 12.8. The van der Waals surface area contributed by atoms with Crippen LogP contribution in [0.25, 0.3) is 0 Å². The van der Waals surface area contributed by atoms with Crippen molar-refractivity contribution in [3.8, 4) is 0 Å². The van der Waals surface area contributed by atoms with Crippen molar-refractivity contribution in [2.24, 2.45) is 0 Å². The number of nitrogens with one attached hydrogen (secondary N) is 1. The van der Waals surface area contributed by atoms with Crippen LogP contribution in [-0.2, 0) is 10.0 Å². The van der Waals surface area contributed by atoms with Gasteiger partial charge in [0.15, 0.2) is 0 Å². The second kappa shape index (κ2) is 9.84. The van der Waals surface area contributed by atoms with E-state index in [0.717, 1.165) is 51.9 Å². The Balaban J connectivity index is 0.00000261. The Morgan fingerprint density at radius 2 is 1.44 bits per heavy atom. The van der Waals surface area contributed by atoms with Crippen molar-refractivity contribution >= 4 is 15.9 Å². The van der Waals surface area contributed by atoms with Crippen LogP contribution in [0.5, 0.6) is 0 Å². The van der Waals surface area contributed by atoms with Gasteiger partial charge in [-0.05, 0) is 44.2 Å². The van der Waals surface area contributed by atoms with E-state index in [9.17, 15) is 13.2 Å². The molecule has 0 saturated carbocycles. The highest BCUT2D eigenvalue weighted by Crippen LogP contribution is 2.20. The van der Waals surface area contributed by atoms with Crippen LogP contribution in [0.1, 0.15) is 36.0 Å². The van der Waals surface area contributed by atoms with Crippen molar-refractivity contribution in [3.05, 3.63) is 29.8 Å². The molecule has 0 spiro atoms. The van der Waals surface area contributed by atoms with Gasteiger partial charge in [0, 0.05) is 44.8 Å². The predicted molar refractivity (Wildman–Crippen MR) is 100 cm³/mol. The molecule has 1 aromatic rings. The lowest BCUT2D eigenvalue weighted by atomic mass is 10.2. The Labute approximate surface area is 168 Å². The van der Waals surface area contributed by atoms with Crippen LogP contribution in [0.15, 0.2) is 29.2 Å². The topological polar surface area (TPSA) is 73.0 Å². The Morgan fingerprint density at radius 3 is 2.00 bits per heavy atom. The zero-order valence-electron chi connectivity index (χ0n) is 15.7. The van der Waals surface area contributed by atoms with Crippen molar-refractivity contribution in [3.63, 3.8) is 0 Å². The third-order valence-corrected chi connectivity index (χ3v) is 7.00. The summed E-state index contributed by atoms with van der Waals surface area (Å²) in [6, 6.07) is 6.27. The average molecular weight is 416 g/mol. The molecule has 27 heavy (non-hydrogen) atoms. The molecule has 0 atom stereocenters. The van der Waals surface area contributed by atoms with Crippen LogP contribution in [0.2, 0.25) is 0 Å². The minimum atomic E-state index is -3.48. The largest absolute Gasteiger partial charge is 1.00 e. The molecule has 2 fully saturated rings. The summed E-state index contributed by atoms with van der Waals surface area (Å²) in [5.41, 5.74) is 3.36. The number of piperazine rings is 1. The number of likely N-dealkylation sites (N-methyl/N-ethyl adjacent to an activating group) is 1. The van der Waals surface area contributed by atoms with Crippen LogP contribution in [0.4, 0.5) is 0 Å². The molecule has 3 rings (SSSR count). The van der Waals surface area contributed by atoms with Gasteiger partial charge in [-0.25, -0.2) is 13.4 Å². The normalized spacial score (nSPS) is 20.5. The summed E-state index contributed by atoms with van der Waals surface area (Å²) in [4.78, 5) is 14.8. The van der Waals surface area contributed by atoms with Gasteiger partial charge in [0.25, 0.3) is 5.91 Å². The molecule has 0 bridgehead atoms. The van der Waals surface area contributed by atoms with E-state index in [-0.39, 0.29) is 23.2 Å². The number of nitrogens with zero attached hydrogens (tertiary/aromatic N) is 3. The molecule has 1 amide bonds.